The van der Waals surface area contributed by atoms with E-state index in [0.717, 1.165) is 37.2 Å². The Morgan fingerprint density at radius 1 is 1.14 bits per heavy atom. The van der Waals surface area contributed by atoms with Gasteiger partial charge in [0.2, 0.25) is 5.88 Å². The first-order valence-electron chi connectivity index (χ1n) is 9.73. The van der Waals surface area contributed by atoms with Gasteiger partial charge >= 0.3 is 0 Å². The highest BCUT2D eigenvalue weighted by Gasteiger charge is 2.20. The molecule has 0 spiro atoms. The van der Waals surface area contributed by atoms with Gasteiger partial charge < -0.3 is 15.2 Å². The van der Waals surface area contributed by atoms with Crippen molar-refractivity contribution in [1.82, 2.24) is 14.6 Å². The molecule has 6 nitrogen and oxygen atoms in total. The summed E-state index contributed by atoms with van der Waals surface area (Å²) in [5, 5.41) is 6.82. The largest absolute Gasteiger partial charge is 0.476 e. The number of halogens is 1. The van der Waals surface area contributed by atoms with Gasteiger partial charge in [0.25, 0.3) is 0 Å². The SMILES string of the molecule is Nc1c(Br)c(OCC2CCOCC2)nc2c(-c3ccc4ccccc4c3)cnn12. The number of anilines is 1. The van der Waals surface area contributed by atoms with Crippen LogP contribution in [0.5, 0.6) is 5.88 Å². The van der Waals surface area contributed by atoms with Gasteiger partial charge in [-0.3, -0.25) is 0 Å². The van der Waals surface area contributed by atoms with Crippen molar-refractivity contribution in [3.8, 4) is 17.0 Å². The minimum Gasteiger partial charge on any atom is -0.476 e. The first kappa shape index (κ1) is 18.4. The Hall–Kier alpha value is -2.64. The molecule has 1 saturated heterocycles. The van der Waals surface area contributed by atoms with Crippen LogP contribution in [0.2, 0.25) is 0 Å². The molecule has 4 aromatic rings. The van der Waals surface area contributed by atoms with Gasteiger partial charge in [-0.05, 0) is 57.1 Å². The molecule has 2 aromatic carbocycles. The molecule has 3 heterocycles. The molecule has 148 valence electrons. The molecule has 29 heavy (non-hydrogen) atoms. The number of nitrogens with zero attached hydrogens (tertiary/aromatic N) is 3. The molecule has 2 N–H and O–H groups in total. The fourth-order valence-electron chi connectivity index (χ4n) is 3.74. The molecule has 0 aliphatic carbocycles. The summed E-state index contributed by atoms with van der Waals surface area (Å²) in [6.45, 7) is 2.18. The zero-order chi connectivity index (χ0) is 19.8. The number of ether oxygens (including phenoxy) is 2. The van der Waals surface area contributed by atoms with Crippen molar-refractivity contribution in [3.05, 3.63) is 53.1 Å². The molecule has 0 amide bonds. The summed E-state index contributed by atoms with van der Waals surface area (Å²) in [5.41, 5.74) is 8.97. The highest BCUT2D eigenvalue weighted by Crippen LogP contribution is 2.34. The molecule has 0 atom stereocenters. The first-order chi connectivity index (χ1) is 14.2. The third kappa shape index (κ3) is 3.45. The van der Waals surface area contributed by atoms with Crippen LogP contribution in [-0.4, -0.2) is 34.4 Å². The molecule has 2 aromatic heterocycles. The molecular formula is C22H21BrN4O2. The van der Waals surface area contributed by atoms with Crippen LogP contribution < -0.4 is 10.5 Å². The van der Waals surface area contributed by atoms with E-state index in [1.807, 2.05) is 12.1 Å². The molecule has 0 saturated carbocycles. The maximum atomic E-state index is 6.32. The molecule has 7 heteroatoms. The van der Waals surface area contributed by atoms with Crippen LogP contribution in [0, 0.1) is 5.92 Å². The minimum absolute atomic E-state index is 0.472. The van der Waals surface area contributed by atoms with E-state index in [0.29, 0.717) is 34.3 Å². The normalized spacial score (nSPS) is 15.2. The number of hydrogen-bond acceptors (Lipinski definition) is 5. The van der Waals surface area contributed by atoms with Gasteiger partial charge in [0.15, 0.2) is 5.65 Å². The summed E-state index contributed by atoms with van der Waals surface area (Å²) >= 11 is 3.53. The number of hydrogen-bond donors (Lipinski definition) is 1. The summed E-state index contributed by atoms with van der Waals surface area (Å²) in [4.78, 5) is 4.76. The van der Waals surface area contributed by atoms with E-state index in [-0.39, 0.29) is 0 Å². The van der Waals surface area contributed by atoms with Crippen LogP contribution >= 0.6 is 15.9 Å². The number of nitrogen functional groups attached to an aromatic ring is 1. The second-order valence-corrected chi connectivity index (χ2v) is 8.13. The Morgan fingerprint density at radius 3 is 2.76 bits per heavy atom. The Balaban J connectivity index is 1.53. The average molecular weight is 453 g/mol. The minimum atomic E-state index is 0.472. The number of fused-ring (bicyclic) bond motifs is 2. The maximum absolute atomic E-state index is 6.32. The molecule has 5 rings (SSSR count). The lowest BCUT2D eigenvalue weighted by atomic mass is 10.0. The lowest BCUT2D eigenvalue weighted by molar-refractivity contribution is 0.0489. The van der Waals surface area contributed by atoms with Crippen molar-refractivity contribution in [3.63, 3.8) is 0 Å². The molecule has 0 unspecified atom stereocenters. The lowest BCUT2D eigenvalue weighted by Crippen LogP contribution is -2.22. The van der Waals surface area contributed by atoms with E-state index >= 15 is 0 Å². The van der Waals surface area contributed by atoms with E-state index in [9.17, 15) is 0 Å². The van der Waals surface area contributed by atoms with Crippen LogP contribution in [0.15, 0.2) is 53.1 Å². The van der Waals surface area contributed by atoms with Gasteiger partial charge in [-0.15, -0.1) is 0 Å². The van der Waals surface area contributed by atoms with E-state index in [2.05, 4.69) is 51.4 Å². The Labute approximate surface area is 176 Å². The lowest BCUT2D eigenvalue weighted by Gasteiger charge is -2.22. The number of rotatable bonds is 4. The van der Waals surface area contributed by atoms with Crippen molar-refractivity contribution < 1.29 is 9.47 Å². The predicted molar refractivity (Wildman–Crippen MR) is 117 cm³/mol. The molecule has 0 radical (unpaired) electrons. The fourth-order valence-corrected chi connectivity index (χ4v) is 4.11. The second kappa shape index (κ2) is 7.65. The third-order valence-corrected chi connectivity index (χ3v) is 6.19. The van der Waals surface area contributed by atoms with Crippen LogP contribution in [0.25, 0.3) is 27.5 Å². The Morgan fingerprint density at radius 2 is 1.93 bits per heavy atom. The van der Waals surface area contributed by atoms with Crippen molar-refractivity contribution >= 4 is 38.2 Å². The van der Waals surface area contributed by atoms with Gasteiger partial charge in [-0.1, -0.05) is 36.4 Å². The number of aromatic nitrogens is 3. The Bertz CT molecular complexity index is 1180. The van der Waals surface area contributed by atoms with E-state index in [1.54, 1.807) is 10.7 Å². The number of nitrogens with two attached hydrogens (primary N) is 1. The van der Waals surface area contributed by atoms with Crippen LogP contribution in [0.1, 0.15) is 12.8 Å². The van der Waals surface area contributed by atoms with Gasteiger partial charge in [-0.2, -0.15) is 14.6 Å². The van der Waals surface area contributed by atoms with Crippen LogP contribution in [0.4, 0.5) is 5.82 Å². The van der Waals surface area contributed by atoms with Gasteiger partial charge in [0.1, 0.15) is 10.3 Å². The van der Waals surface area contributed by atoms with Crippen molar-refractivity contribution in [2.24, 2.45) is 5.92 Å². The highest BCUT2D eigenvalue weighted by atomic mass is 79.9. The standard InChI is InChI=1S/C22H21BrN4O2/c23-19-20(24)27-21(26-22(19)29-13-14-7-9-28-10-8-14)18(12-25-27)17-6-5-15-3-1-2-4-16(15)11-17/h1-6,11-12,14H,7-10,13,24H2. The Kier molecular flexibility index (Phi) is 4.85. The van der Waals surface area contributed by atoms with Crippen molar-refractivity contribution in [2.45, 2.75) is 12.8 Å². The first-order valence-corrected chi connectivity index (χ1v) is 10.5. The molecular weight excluding hydrogens is 432 g/mol. The monoisotopic (exact) mass is 452 g/mol. The zero-order valence-corrected chi connectivity index (χ0v) is 17.4. The predicted octanol–water partition coefficient (Wildman–Crippen LogP) is 4.70. The van der Waals surface area contributed by atoms with E-state index < -0.39 is 0 Å². The number of benzene rings is 2. The van der Waals surface area contributed by atoms with Gasteiger partial charge in [0, 0.05) is 18.8 Å². The fraction of sp³-hybridized carbons (Fsp3) is 0.273. The van der Waals surface area contributed by atoms with Crippen LogP contribution in [0.3, 0.4) is 0 Å². The van der Waals surface area contributed by atoms with E-state index in [1.165, 1.54) is 10.8 Å². The summed E-state index contributed by atoms with van der Waals surface area (Å²) in [5.74, 6) is 1.45. The average Bonchev–Trinajstić information content (AvgIpc) is 3.19. The smallest absolute Gasteiger partial charge is 0.233 e. The zero-order valence-electron chi connectivity index (χ0n) is 15.8. The van der Waals surface area contributed by atoms with E-state index in [4.69, 9.17) is 20.2 Å². The molecule has 1 aliphatic heterocycles. The van der Waals surface area contributed by atoms with Gasteiger partial charge in [0.05, 0.1) is 12.8 Å². The summed E-state index contributed by atoms with van der Waals surface area (Å²) in [7, 11) is 0. The molecule has 1 fully saturated rings. The quantitative estimate of drug-likeness (QED) is 0.485. The molecule has 0 bridgehead atoms. The summed E-state index contributed by atoms with van der Waals surface area (Å²) < 4.78 is 13.8. The topological polar surface area (TPSA) is 74.7 Å². The summed E-state index contributed by atoms with van der Waals surface area (Å²) in [6.07, 6.45) is 3.81. The van der Waals surface area contributed by atoms with Crippen molar-refractivity contribution in [2.75, 3.05) is 25.6 Å². The van der Waals surface area contributed by atoms with Crippen LogP contribution in [-0.2, 0) is 4.74 Å². The second-order valence-electron chi connectivity index (χ2n) is 7.34. The molecule has 1 aliphatic rings. The third-order valence-electron chi connectivity index (χ3n) is 5.45. The highest BCUT2D eigenvalue weighted by molar-refractivity contribution is 9.10. The van der Waals surface area contributed by atoms with Gasteiger partial charge in [-0.25, -0.2) is 0 Å². The maximum Gasteiger partial charge on any atom is 0.233 e. The van der Waals surface area contributed by atoms with Crippen molar-refractivity contribution in [1.29, 1.82) is 0 Å². The summed E-state index contributed by atoms with van der Waals surface area (Å²) in [6, 6.07) is 14.6.